The number of hydrogen-bond donors (Lipinski definition) is 2. The molecule has 1 saturated carbocycles. The van der Waals surface area contributed by atoms with Crippen LogP contribution in [0.1, 0.15) is 58.4 Å². The Kier molecular flexibility index (Phi) is 6.05. The van der Waals surface area contributed by atoms with E-state index in [1.807, 2.05) is 31.2 Å². The molecule has 0 spiro atoms. The van der Waals surface area contributed by atoms with E-state index in [1.54, 1.807) is 12.3 Å². The van der Waals surface area contributed by atoms with E-state index in [0.29, 0.717) is 30.5 Å². The lowest BCUT2D eigenvalue weighted by Crippen LogP contribution is -2.44. The molecular weight excluding hydrogens is 424 g/mol. The lowest BCUT2D eigenvalue weighted by molar-refractivity contribution is -0.120. The number of aliphatic hydroxyl groups excluding tert-OH is 1. The number of fused-ring (bicyclic) bond motifs is 3. The third kappa shape index (κ3) is 4.28. The molecule has 1 amide bonds. The van der Waals surface area contributed by atoms with Gasteiger partial charge in [0.2, 0.25) is 0 Å². The topological polar surface area (TPSA) is 79.3 Å². The minimum atomic E-state index is -0.365. The van der Waals surface area contributed by atoms with Gasteiger partial charge in [-0.2, -0.15) is 0 Å². The lowest BCUT2D eigenvalue weighted by Gasteiger charge is -2.46. The fraction of sp³-hybridized carbons (Fsp3) is 0.345. The van der Waals surface area contributed by atoms with Gasteiger partial charge >= 0.3 is 0 Å². The maximum Gasteiger partial charge on any atom is 0.255 e. The van der Waals surface area contributed by atoms with Crippen LogP contribution in [0, 0.1) is 12.8 Å². The molecule has 5 rings (SSSR count). The molecule has 1 heterocycles. The Morgan fingerprint density at radius 2 is 1.97 bits per heavy atom. The molecule has 3 unspecified atom stereocenters. The highest BCUT2D eigenvalue weighted by atomic mass is 16.3. The molecule has 0 saturated heterocycles. The number of amides is 1. The standard InChI is InChI=1S/C29H30N2O3/c1-19-27(8-5-13-30-19)31-28(34)21-9-10-26-22(14-21)15-25(33)17-23-16-24(32)11-12-29(23,26)18-20-6-3-2-4-7-20/h2-10,13-14,23-24,32H,11-12,15-18H2,1H3,(H,31,34). The number of aromatic nitrogens is 1. The normalized spacial score (nSPS) is 24.0. The van der Waals surface area contributed by atoms with Gasteiger partial charge in [0, 0.05) is 30.0 Å². The molecule has 5 nitrogen and oxygen atoms in total. The largest absolute Gasteiger partial charge is 0.393 e. The summed E-state index contributed by atoms with van der Waals surface area (Å²) in [6, 6.07) is 19.9. The van der Waals surface area contributed by atoms with Crippen molar-refractivity contribution in [2.75, 3.05) is 5.32 Å². The van der Waals surface area contributed by atoms with Crippen LogP contribution in [0.4, 0.5) is 5.69 Å². The number of pyridine rings is 1. The first kappa shape index (κ1) is 22.5. The minimum absolute atomic E-state index is 0.0860. The van der Waals surface area contributed by atoms with Crippen molar-refractivity contribution in [3.8, 4) is 0 Å². The van der Waals surface area contributed by atoms with Crippen LogP contribution in [0.15, 0.2) is 66.9 Å². The third-order valence-electron chi connectivity index (χ3n) is 7.64. The van der Waals surface area contributed by atoms with Crippen molar-refractivity contribution in [2.45, 2.75) is 57.0 Å². The zero-order valence-corrected chi connectivity index (χ0v) is 19.5. The van der Waals surface area contributed by atoms with Crippen molar-refractivity contribution >= 4 is 17.4 Å². The summed E-state index contributed by atoms with van der Waals surface area (Å²) < 4.78 is 0. The van der Waals surface area contributed by atoms with Crippen LogP contribution in [0.5, 0.6) is 0 Å². The van der Waals surface area contributed by atoms with Gasteiger partial charge in [-0.1, -0.05) is 36.4 Å². The highest BCUT2D eigenvalue weighted by Crippen LogP contribution is 2.50. The van der Waals surface area contributed by atoms with Crippen LogP contribution in [0.3, 0.4) is 0 Å². The van der Waals surface area contributed by atoms with E-state index in [2.05, 4.69) is 40.6 Å². The van der Waals surface area contributed by atoms with Gasteiger partial charge in [0.1, 0.15) is 5.78 Å². The molecule has 3 aromatic rings. The van der Waals surface area contributed by atoms with Gasteiger partial charge in [0.25, 0.3) is 5.91 Å². The number of benzene rings is 2. The second kappa shape index (κ2) is 9.15. The second-order valence-corrected chi connectivity index (χ2v) is 9.83. The van der Waals surface area contributed by atoms with E-state index < -0.39 is 0 Å². The Labute approximate surface area is 200 Å². The summed E-state index contributed by atoms with van der Waals surface area (Å²) in [5.41, 5.74) is 5.09. The first-order valence-corrected chi connectivity index (χ1v) is 12.0. The third-order valence-corrected chi connectivity index (χ3v) is 7.64. The summed E-state index contributed by atoms with van der Waals surface area (Å²) in [6.45, 7) is 1.86. The maximum atomic E-state index is 13.1. The van der Waals surface area contributed by atoms with Gasteiger partial charge in [-0.15, -0.1) is 0 Å². The smallest absolute Gasteiger partial charge is 0.255 e. The number of anilines is 1. The van der Waals surface area contributed by atoms with Crippen molar-refractivity contribution in [1.82, 2.24) is 4.98 Å². The van der Waals surface area contributed by atoms with E-state index in [0.717, 1.165) is 36.1 Å². The molecule has 2 N–H and O–H groups in total. The van der Waals surface area contributed by atoms with E-state index >= 15 is 0 Å². The molecule has 0 aliphatic heterocycles. The summed E-state index contributed by atoms with van der Waals surface area (Å²) in [7, 11) is 0. The van der Waals surface area contributed by atoms with E-state index in [4.69, 9.17) is 0 Å². The maximum absolute atomic E-state index is 13.1. The van der Waals surface area contributed by atoms with Gasteiger partial charge < -0.3 is 10.4 Å². The van der Waals surface area contributed by atoms with Crippen LogP contribution < -0.4 is 5.32 Å². The monoisotopic (exact) mass is 454 g/mol. The van der Waals surface area contributed by atoms with E-state index in [1.165, 1.54) is 5.56 Å². The molecule has 34 heavy (non-hydrogen) atoms. The van der Waals surface area contributed by atoms with Gasteiger partial charge in [-0.25, -0.2) is 0 Å². The number of rotatable bonds is 4. The molecule has 2 aliphatic carbocycles. The fourth-order valence-corrected chi connectivity index (χ4v) is 5.96. The molecule has 2 aliphatic rings. The molecule has 0 radical (unpaired) electrons. The first-order chi connectivity index (χ1) is 16.4. The molecule has 1 aromatic heterocycles. The number of nitrogens with one attached hydrogen (secondary N) is 1. The Balaban J connectivity index is 1.55. The number of nitrogens with zero attached hydrogens (tertiary/aromatic N) is 1. The van der Waals surface area contributed by atoms with Crippen molar-refractivity contribution in [3.05, 3.63) is 94.8 Å². The molecular formula is C29H30N2O3. The summed E-state index contributed by atoms with van der Waals surface area (Å²) in [4.78, 5) is 30.3. The van der Waals surface area contributed by atoms with Gasteiger partial charge in [-0.05, 0) is 79.5 Å². The highest BCUT2D eigenvalue weighted by molar-refractivity contribution is 6.04. The molecule has 2 aromatic carbocycles. The Bertz CT molecular complexity index is 1220. The van der Waals surface area contributed by atoms with Crippen LogP contribution in [0.25, 0.3) is 0 Å². The molecule has 0 bridgehead atoms. The Morgan fingerprint density at radius 3 is 2.76 bits per heavy atom. The van der Waals surface area contributed by atoms with Crippen molar-refractivity contribution in [3.63, 3.8) is 0 Å². The fourth-order valence-electron chi connectivity index (χ4n) is 5.96. The molecule has 174 valence electrons. The van der Waals surface area contributed by atoms with Crippen molar-refractivity contribution < 1.29 is 14.7 Å². The van der Waals surface area contributed by atoms with Gasteiger partial charge in [-0.3, -0.25) is 14.6 Å². The quantitative estimate of drug-likeness (QED) is 0.594. The van der Waals surface area contributed by atoms with Crippen LogP contribution in [-0.4, -0.2) is 27.9 Å². The average Bonchev–Trinajstić information content (AvgIpc) is 2.94. The second-order valence-electron chi connectivity index (χ2n) is 9.83. The predicted molar refractivity (Wildman–Crippen MR) is 132 cm³/mol. The number of carbonyl (C=O) groups excluding carboxylic acids is 2. The summed E-state index contributed by atoms with van der Waals surface area (Å²) >= 11 is 0. The van der Waals surface area contributed by atoms with E-state index in [-0.39, 0.29) is 29.1 Å². The average molecular weight is 455 g/mol. The van der Waals surface area contributed by atoms with Crippen LogP contribution >= 0.6 is 0 Å². The lowest BCUT2D eigenvalue weighted by atomic mass is 9.58. The summed E-state index contributed by atoms with van der Waals surface area (Å²) in [5.74, 6) is 0.0576. The number of hydrogen-bond acceptors (Lipinski definition) is 4. The zero-order valence-electron chi connectivity index (χ0n) is 19.5. The van der Waals surface area contributed by atoms with Crippen LogP contribution in [-0.2, 0) is 23.1 Å². The molecule has 5 heteroatoms. The number of carbonyl (C=O) groups is 2. The van der Waals surface area contributed by atoms with Crippen molar-refractivity contribution in [1.29, 1.82) is 0 Å². The van der Waals surface area contributed by atoms with Crippen LogP contribution in [0.2, 0.25) is 0 Å². The molecule has 3 atom stereocenters. The summed E-state index contributed by atoms with van der Waals surface area (Å²) in [5, 5.41) is 13.4. The summed E-state index contributed by atoms with van der Waals surface area (Å²) in [6.07, 6.45) is 5.14. The zero-order chi connectivity index (χ0) is 23.7. The Hall–Kier alpha value is -3.31. The highest BCUT2D eigenvalue weighted by Gasteiger charge is 2.47. The van der Waals surface area contributed by atoms with Gasteiger partial charge in [0.15, 0.2) is 0 Å². The SMILES string of the molecule is Cc1ncccc1NC(=O)c1ccc2c(c1)CC(=O)CC1CC(O)CCC21Cc1ccccc1. The Morgan fingerprint density at radius 1 is 1.15 bits per heavy atom. The van der Waals surface area contributed by atoms with Crippen molar-refractivity contribution in [2.24, 2.45) is 5.92 Å². The van der Waals surface area contributed by atoms with E-state index in [9.17, 15) is 14.7 Å². The minimum Gasteiger partial charge on any atom is -0.393 e. The number of aliphatic hydroxyl groups is 1. The number of aryl methyl sites for hydroxylation is 1. The predicted octanol–water partition coefficient (Wildman–Crippen LogP) is 4.80. The van der Waals surface area contributed by atoms with Gasteiger partial charge in [0.05, 0.1) is 17.5 Å². The number of ketones is 1. The first-order valence-electron chi connectivity index (χ1n) is 12.0. The molecule has 1 fully saturated rings. The number of Topliss-reactive ketones (excluding diaryl/α,β-unsaturated/α-hetero) is 1.